The van der Waals surface area contributed by atoms with Crippen LogP contribution < -0.4 is 0 Å². The van der Waals surface area contributed by atoms with E-state index >= 15 is 0 Å². The number of piperidine rings is 1. The van der Waals surface area contributed by atoms with Crippen LogP contribution in [0, 0.1) is 5.92 Å². The number of nitrogens with zero attached hydrogens (tertiary/aromatic N) is 1. The van der Waals surface area contributed by atoms with Crippen LogP contribution in [0.5, 0.6) is 0 Å². The summed E-state index contributed by atoms with van der Waals surface area (Å²) in [5.41, 5.74) is 0.501. The van der Waals surface area contributed by atoms with Gasteiger partial charge in [0.25, 0.3) is 5.91 Å². The zero-order valence-corrected chi connectivity index (χ0v) is 16.1. The number of benzene rings is 1. The number of carbonyl (C=O) groups is 2. The number of likely N-dealkylation sites (tertiary alicyclic amines) is 1. The van der Waals surface area contributed by atoms with Crippen molar-refractivity contribution in [1.82, 2.24) is 4.90 Å². The van der Waals surface area contributed by atoms with Crippen molar-refractivity contribution in [2.24, 2.45) is 5.92 Å². The molecule has 1 aromatic carbocycles. The van der Waals surface area contributed by atoms with Crippen LogP contribution in [-0.4, -0.2) is 29.9 Å². The highest BCUT2D eigenvalue weighted by Gasteiger charge is 2.30. The highest BCUT2D eigenvalue weighted by molar-refractivity contribution is 7.19. The number of ether oxygens (including phenoxy) is 1. The van der Waals surface area contributed by atoms with Crippen molar-refractivity contribution >= 4 is 44.9 Å². The van der Waals surface area contributed by atoms with Crippen LogP contribution >= 0.6 is 22.9 Å². The number of fused-ring (bicyclic) bond motifs is 1. The van der Waals surface area contributed by atoms with E-state index in [9.17, 15) is 9.59 Å². The van der Waals surface area contributed by atoms with Crippen LogP contribution in [0.1, 0.15) is 28.1 Å². The number of hydrogen-bond acceptors (Lipinski definition) is 5. The largest absolute Gasteiger partial charge is 0.472 e. The van der Waals surface area contributed by atoms with Crippen molar-refractivity contribution in [2.75, 3.05) is 13.1 Å². The van der Waals surface area contributed by atoms with Gasteiger partial charge in [0.1, 0.15) is 12.9 Å². The topological polar surface area (TPSA) is 59.8 Å². The minimum atomic E-state index is -0.317. The minimum absolute atomic E-state index is 0.117. The number of rotatable bonds is 4. The van der Waals surface area contributed by atoms with E-state index in [4.69, 9.17) is 20.8 Å². The molecular formula is C20H18ClNO4S. The predicted molar refractivity (Wildman–Crippen MR) is 104 cm³/mol. The van der Waals surface area contributed by atoms with E-state index in [1.165, 1.54) is 23.9 Å². The number of carbonyl (C=O) groups excluding carboxylic acids is 2. The van der Waals surface area contributed by atoms with Crippen molar-refractivity contribution in [1.29, 1.82) is 0 Å². The third-order valence-electron chi connectivity index (χ3n) is 4.76. The van der Waals surface area contributed by atoms with Crippen LogP contribution in [0.3, 0.4) is 0 Å². The van der Waals surface area contributed by atoms with Gasteiger partial charge < -0.3 is 14.1 Å². The van der Waals surface area contributed by atoms with E-state index in [-0.39, 0.29) is 24.4 Å². The summed E-state index contributed by atoms with van der Waals surface area (Å²) in [5, 5.41) is 1.62. The smallest absolute Gasteiger partial charge is 0.311 e. The molecule has 1 unspecified atom stereocenters. The lowest BCUT2D eigenvalue weighted by Gasteiger charge is -2.31. The van der Waals surface area contributed by atoms with Gasteiger partial charge in [-0.25, -0.2) is 0 Å². The monoisotopic (exact) mass is 403 g/mol. The average molecular weight is 404 g/mol. The Morgan fingerprint density at radius 1 is 1.30 bits per heavy atom. The van der Waals surface area contributed by atoms with E-state index < -0.39 is 0 Å². The summed E-state index contributed by atoms with van der Waals surface area (Å²) < 4.78 is 11.6. The fraction of sp³-hybridized carbons (Fsp3) is 0.300. The summed E-state index contributed by atoms with van der Waals surface area (Å²) in [6, 6.07) is 9.48. The Morgan fingerprint density at radius 3 is 2.93 bits per heavy atom. The van der Waals surface area contributed by atoms with E-state index in [1.807, 2.05) is 24.3 Å². The molecule has 1 aliphatic rings. The van der Waals surface area contributed by atoms with Crippen LogP contribution in [0.15, 0.2) is 47.3 Å². The van der Waals surface area contributed by atoms with Gasteiger partial charge in [0.15, 0.2) is 0 Å². The number of furan rings is 1. The fourth-order valence-electron chi connectivity index (χ4n) is 3.33. The Bertz CT molecular complexity index is 966. The number of halogens is 1. The Kier molecular flexibility index (Phi) is 5.18. The first kappa shape index (κ1) is 18.1. The second kappa shape index (κ2) is 7.74. The Labute approximate surface area is 165 Å². The molecule has 1 atom stereocenters. The van der Waals surface area contributed by atoms with Gasteiger partial charge in [0.2, 0.25) is 0 Å². The molecule has 0 N–H and O–H groups in total. The first-order valence-electron chi connectivity index (χ1n) is 8.77. The van der Waals surface area contributed by atoms with E-state index in [0.29, 0.717) is 30.1 Å². The summed E-state index contributed by atoms with van der Waals surface area (Å²) in [6.45, 7) is 1.15. The van der Waals surface area contributed by atoms with E-state index in [1.54, 1.807) is 11.0 Å². The summed E-state index contributed by atoms with van der Waals surface area (Å²) in [4.78, 5) is 27.5. The standard InChI is InChI=1S/C20H18ClNO4S/c21-18-15-5-1-2-6-16(15)27-17(18)12-26-20(24)13-4-3-8-22(10-13)19(23)14-7-9-25-11-14/h1-2,5-7,9,11,13H,3-4,8,10,12H2. The van der Waals surface area contributed by atoms with Gasteiger partial charge in [-0.3, -0.25) is 9.59 Å². The van der Waals surface area contributed by atoms with Crippen LogP contribution in [0.2, 0.25) is 5.02 Å². The third-order valence-corrected chi connectivity index (χ3v) is 6.45. The van der Waals surface area contributed by atoms with Crippen molar-refractivity contribution < 1.29 is 18.7 Å². The lowest BCUT2D eigenvalue weighted by molar-refractivity contribution is -0.151. The summed E-state index contributed by atoms with van der Waals surface area (Å²) >= 11 is 7.94. The normalized spacial score (nSPS) is 17.2. The molecule has 2 aromatic heterocycles. The second-order valence-electron chi connectivity index (χ2n) is 6.55. The van der Waals surface area contributed by atoms with Crippen LogP contribution in [-0.2, 0) is 16.1 Å². The zero-order chi connectivity index (χ0) is 18.8. The molecule has 7 heteroatoms. The fourth-order valence-corrected chi connectivity index (χ4v) is 4.74. The number of esters is 1. The molecule has 1 aliphatic heterocycles. The zero-order valence-electron chi connectivity index (χ0n) is 14.5. The molecule has 27 heavy (non-hydrogen) atoms. The lowest BCUT2D eigenvalue weighted by Crippen LogP contribution is -2.42. The summed E-state index contributed by atoms with van der Waals surface area (Å²) in [5.74, 6) is -0.718. The SMILES string of the molecule is O=C(OCc1sc2ccccc2c1Cl)C1CCCN(C(=O)c2ccoc2)C1. The molecule has 0 spiro atoms. The molecule has 3 aromatic rings. The van der Waals surface area contributed by atoms with Gasteiger partial charge in [-0.15, -0.1) is 11.3 Å². The van der Waals surface area contributed by atoms with Crippen LogP contribution in [0.4, 0.5) is 0 Å². The van der Waals surface area contributed by atoms with Gasteiger partial charge in [-0.2, -0.15) is 0 Å². The van der Waals surface area contributed by atoms with Gasteiger partial charge in [-0.05, 0) is 25.0 Å². The highest BCUT2D eigenvalue weighted by atomic mass is 35.5. The number of thiophene rings is 1. The first-order valence-corrected chi connectivity index (χ1v) is 9.97. The van der Waals surface area contributed by atoms with Crippen molar-refractivity contribution in [3.8, 4) is 0 Å². The predicted octanol–water partition coefficient (Wildman–Crippen LogP) is 4.74. The Morgan fingerprint density at radius 2 is 2.15 bits per heavy atom. The molecular weight excluding hydrogens is 386 g/mol. The highest BCUT2D eigenvalue weighted by Crippen LogP contribution is 2.35. The van der Waals surface area contributed by atoms with Gasteiger partial charge in [0, 0.05) is 23.2 Å². The molecule has 0 radical (unpaired) electrons. The lowest BCUT2D eigenvalue weighted by atomic mass is 9.98. The molecule has 0 bridgehead atoms. The molecule has 5 nitrogen and oxygen atoms in total. The van der Waals surface area contributed by atoms with Crippen molar-refractivity contribution in [3.63, 3.8) is 0 Å². The maximum absolute atomic E-state index is 12.5. The number of hydrogen-bond donors (Lipinski definition) is 0. The molecule has 3 heterocycles. The van der Waals surface area contributed by atoms with Gasteiger partial charge in [0.05, 0.1) is 27.6 Å². The first-order chi connectivity index (χ1) is 13.1. The molecule has 0 saturated carbocycles. The van der Waals surface area contributed by atoms with Gasteiger partial charge in [-0.1, -0.05) is 29.8 Å². The maximum Gasteiger partial charge on any atom is 0.311 e. The molecule has 1 saturated heterocycles. The van der Waals surface area contributed by atoms with E-state index in [0.717, 1.165) is 21.4 Å². The van der Waals surface area contributed by atoms with Crippen LogP contribution in [0.25, 0.3) is 10.1 Å². The molecule has 1 fully saturated rings. The van der Waals surface area contributed by atoms with E-state index in [2.05, 4.69) is 0 Å². The molecule has 0 aliphatic carbocycles. The maximum atomic E-state index is 12.5. The Hall–Kier alpha value is -2.31. The molecule has 140 valence electrons. The van der Waals surface area contributed by atoms with Gasteiger partial charge >= 0.3 is 5.97 Å². The minimum Gasteiger partial charge on any atom is -0.472 e. The second-order valence-corrected chi connectivity index (χ2v) is 8.06. The summed E-state index contributed by atoms with van der Waals surface area (Å²) in [7, 11) is 0. The molecule has 4 rings (SSSR count). The molecule has 1 amide bonds. The third kappa shape index (κ3) is 3.73. The Balaban J connectivity index is 1.39. The van der Waals surface area contributed by atoms with Crippen molar-refractivity contribution in [2.45, 2.75) is 19.4 Å². The van der Waals surface area contributed by atoms with Crippen molar-refractivity contribution in [3.05, 3.63) is 58.3 Å². The average Bonchev–Trinajstić information content (AvgIpc) is 3.34. The summed E-state index contributed by atoms with van der Waals surface area (Å²) in [6.07, 6.45) is 4.38. The quantitative estimate of drug-likeness (QED) is 0.590. The number of amides is 1.